The summed E-state index contributed by atoms with van der Waals surface area (Å²) < 4.78 is 0. The zero-order valence-electron chi connectivity index (χ0n) is 80.6. The third kappa shape index (κ3) is 34.5. The first-order valence-electron chi connectivity index (χ1n) is 49.5. The Kier molecular flexibility index (Phi) is 47.7. The van der Waals surface area contributed by atoms with Crippen LogP contribution in [-0.4, -0.2) is 256 Å². The Bertz CT molecular complexity index is 5120. The first-order chi connectivity index (χ1) is 65.8. The Balaban J connectivity index is 0.000000183. The second kappa shape index (κ2) is 60.2. The van der Waals surface area contributed by atoms with Gasteiger partial charge in [-0.1, -0.05) is 203 Å². The monoisotopic (exact) mass is 2030 g/mol. The zero-order valence-corrected chi connectivity index (χ0v) is 84.4. The van der Waals surface area contributed by atoms with E-state index in [-0.39, 0.29) is 68.3 Å². The molecule has 18 nitrogen and oxygen atoms in total. The predicted octanol–water partition coefficient (Wildman–Crippen LogP) is 19.0. The van der Waals surface area contributed by atoms with E-state index in [0.717, 1.165) is 165 Å². The number of aryl methyl sites for hydroxylation is 2. The Morgan fingerprint density at radius 2 is 0.467 bits per heavy atom. The molecule has 2 unspecified atom stereocenters. The smallest absolute Gasteiger partial charge is 0.0544 e. The van der Waals surface area contributed by atoms with Crippen LogP contribution in [0.15, 0.2) is 310 Å². The van der Waals surface area contributed by atoms with Crippen molar-refractivity contribution in [3.8, 4) is 0 Å². The average Bonchev–Trinajstić information content (AvgIpc) is 1.34. The van der Waals surface area contributed by atoms with Crippen LogP contribution in [0.5, 0.6) is 0 Å². The van der Waals surface area contributed by atoms with E-state index in [1.165, 1.54) is 212 Å². The van der Waals surface area contributed by atoms with E-state index in [0.29, 0.717) is 0 Å². The molecule has 6 aromatic heterocycles. The fourth-order valence-corrected chi connectivity index (χ4v) is 19.2. The van der Waals surface area contributed by atoms with Crippen molar-refractivity contribution >= 4 is 64.6 Å². The van der Waals surface area contributed by atoms with Crippen LogP contribution in [0.25, 0.3) is 64.6 Å². The van der Waals surface area contributed by atoms with Gasteiger partial charge in [0.05, 0.1) is 22.8 Å². The molecule has 4 radical (unpaired) electrons. The van der Waals surface area contributed by atoms with Crippen LogP contribution in [0.4, 0.5) is 0 Å². The molecule has 4 saturated heterocycles. The summed E-state index contributed by atoms with van der Waals surface area (Å²) in [6, 6.07) is 97.2. The van der Waals surface area contributed by atoms with E-state index in [4.69, 9.17) is 0 Å². The van der Waals surface area contributed by atoms with E-state index >= 15 is 0 Å². The van der Waals surface area contributed by atoms with Gasteiger partial charge in [-0.05, 0) is 270 Å². The minimum atomic E-state index is 0. The Hall–Kier alpha value is -8.96. The quantitative estimate of drug-likeness (QED) is 0.0438. The van der Waals surface area contributed by atoms with Gasteiger partial charge in [-0.15, -0.1) is 0 Å². The molecule has 15 aromatic rings. The van der Waals surface area contributed by atoms with Crippen molar-refractivity contribution in [1.82, 2.24) is 89.5 Å². The van der Waals surface area contributed by atoms with Crippen LogP contribution < -0.4 is 10.6 Å². The summed E-state index contributed by atoms with van der Waals surface area (Å²) in [7, 11) is 0. The number of hydrogen-bond donors (Lipinski definition) is 2. The molecule has 2 bridgehead atoms. The molecule has 4 aliphatic heterocycles. The van der Waals surface area contributed by atoms with Crippen LogP contribution in [0.1, 0.15) is 97.3 Å². The van der Waals surface area contributed by atoms with E-state index < -0.39 is 0 Å². The molecule has 137 heavy (non-hydrogen) atoms. The second-order valence-electron chi connectivity index (χ2n) is 36.0. The minimum absolute atomic E-state index is 0. The maximum atomic E-state index is 4.53. The van der Waals surface area contributed by atoms with Crippen LogP contribution >= 0.6 is 0 Å². The summed E-state index contributed by atoms with van der Waals surface area (Å²) in [5.74, 6) is 0. The zero-order chi connectivity index (χ0) is 90.9. The van der Waals surface area contributed by atoms with Gasteiger partial charge in [0.2, 0.25) is 0 Å². The van der Waals surface area contributed by atoms with Gasteiger partial charge in [-0.3, -0.25) is 54.4 Å². The van der Waals surface area contributed by atoms with E-state index in [9.17, 15) is 0 Å². The molecule has 19 rings (SSSR count). The van der Waals surface area contributed by atoms with Crippen molar-refractivity contribution in [2.45, 2.75) is 105 Å². The first-order valence-corrected chi connectivity index (χ1v) is 49.5. The molecule has 736 valence electrons. The molecule has 4 fully saturated rings. The SMILES string of the molecule is C1CNCCN2CCCNCCN(C1)CCC2.CCN1CCN(CC)CCN(CC)CC1.[Cu].[Cu].[Cu].[Cu].c1ccc(CCCc2ccccn2)nc1.c1ccc(CN(CCN(Cc2ccccn2)Cc2ccccn2)Cc2ccccn2)nc1.c1ccc2c(CN3CCN(Cc4c5ccccc5cc5ccccc45)CCN(Cc4c5ccccc5cc5ccccc45)CC3)c3ccccc3cc2c1. The molecule has 9 aromatic carbocycles. The first kappa shape index (κ1) is 108. The van der Waals surface area contributed by atoms with Gasteiger partial charge in [-0.25, -0.2) is 0 Å². The van der Waals surface area contributed by atoms with Gasteiger partial charge in [0, 0.05) is 280 Å². The van der Waals surface area contributed by atoms with Gasteiger partial charge >= 0.3 is 0 Å². The summed E-state index contributed by atoms with van der Waals surface area (Å²) in [5.41, 5.74) is 10.9. The number of hydrogen-bond acceptors (Lipinski definition) is 18. The Morgan fingerprint density at radius 1 is 0.241 bits per heavy atom. The molecule has 2 atom stereocenters. The third-order valence-corrected chi connectivity index (χ3v) is 26.8. The molecular formula is C115H142Cu4N18. The summed E-state index contributed by atoms with van der Waals surface area (Å²) >= 11 is 0. The molecule has 0 spiro atoms. The third-order valence-electron chi connectivity index (χ3n) is 26.8. The number of rotatable bonds is 24. The summed E-state index contributed by atoms with van der Waals surface area (Å²) in [4.78, 5) is 52.7. The van der Waals surface area contributed by atoms with Crippen LogP contribution in [0.2, 0.25) is 0 Å². The van der Waals surface area contributed by atoms with Gasteiger partial charge in [0.1, 0.15) is 0 Å². The van der Waals surface area contributed by atoms with Crippen LogP contribution in [0, 0.1) is 0 Å². The molecule has 0 saturated carbocycles. The summed E-state index contributed by atoms with van der Waals surface area (Å²) in [5, 5.41) is 23.3. The fraction of sp³-hybridized carbons (Fsp3) is 0.374. The summed E-state index contributed by atoms with van der Waals surface area (Å²) in [6.07, 6.45) is 18.2. The van der Waals surface area contributed by atoms with E-state index in [1.54, 1.807) is 0 Å². The van der Waals surface area contributed by atoms with Crippen LogP contribution in [-0.2, 0) is 127 Å². The normalized spacial score (nSPS) is 16.5. The number of likely N-dealkylation sites (N-methyl/N-ethyl adjacent to an activating group) is 3. The molecule has 2 N–H and O–H groups in total. The van der Waals surface area contributed by atoms with Crippen molar-refractivity contribution in [2.75, 3.05) is 177 Å². The Morgan fingerprint density at radius 3 is 0.708 bits per heavy atom. The summed E-state index contributed by atoms with van der Waals surface area (Å²) in [6.45, 7) is 43.8. The Labute approximate surface area is 858 Å². The van der Waals surface area contributed by atoms with Crippen LogP contribution in [0.3, 0.4) is 0 Å². The van der Waals surface area contributed by atoms with Crippen molar-refractivity contribution in [2.24, 2.45) is 0 Å². The maximum Gasteiger partial charge on any atom is 0.0544 e. The largest absolute Gasteiger partial charge is 0.315 e. The molecule has 10 heterocycles. The number of nitrogens with zero attached hydrogens (tertiary/aromatic N) is 16. The molecule has 0 amide bonds. The minimum Gasteiger partial charge on any atom is -0.315 e. The van der Waals surface area contributed by atoms with E-state index in [1.807, 2.05) is 110 Å². The second-order valence-corrected chi connectivity index (χ2v) is 36.0. The standard InChI is InChI=1S/C51H45N3.C26H28N6.C13H28N4.C13H14N2.C12H27N3.4Cu/c1-7-19-43-37(13-1)31-38-14-2-8-20-44(38)49(43)34-52-25-27-53(35-50-45-21-9-3-15-39(45)32-40-16-4-10-22-46(40)50)29-30-54(28-26-52)36-51-47-23-11-5-17-41(47)33-42-18-6-12-24-48(42)51;1-5-13-27-23(9-1)19-31(20-24-10-2-6-14-28-24)17-18-32(21-25-11-3-7-15-29-25)22-26-12-4-8-16-30-26;1-4-14-6-13-17-9-2-5-15-7-12-16(8-1)10-3-11-17;1-3-10-14-12(6-1)8-5-9-13-7-2-4-11-15-13;1-4-13-7-9-14(5-2)11-12-15(6-3)10-8-13;;;;/h1-24,31-33H,25-30,34-36H2;1-16H,17-22H2;14-15H,1-13H2;1-4,6-7,10-11H,5,8-9H2;4-12H2,1-3H3;;;;. The predicted molar refractivity (Wildman–Crippen MR) is 555 cm³/mol. The molecule has 4 aliphatic rings. The van der Waals surface area contributed by atoms with Gasteiger partial charge in [0.15, 0.2) is 0 Å². The maximum absolute atomic E-state index is 4.53. The number of fused-ring (bicyclic) bond motifs is 10. The molecule has 0 aliphatic carbocycles. The topological polar surface area (TPSA) is 134 Å². The number of aromatic nitrogens is 6. The van der Waals surface area contributed by atoms with Crippen molar-refractivity contribution in [1.29, 1.82) is 0 Å². The van der Waals surface area contributed by atoms with Gasteiger partial charge < -0.3 is 35.1 Å². The molecule has 22 heteroatoms. The fourth-order valence-electron chi connectivity index (χ4n) is 19.2. The van der Waals surface area contributed by atoms with Gasteiger partial charge in [-0.2, -0.15) is 0 Å². The molecular weight excluding hydrogens is 1890 g/mol. The van der Waals surface area contributed by atoms with Crippen molar-refractivity contribution < 1.29 is 68.3 Å². The van der Waals surface area contributed by atoms with Crippen molar-refractivity contribution in [3.05, 3.63) is 361 Å². The average molecular weight is 2030 g/mol. The van der Waals surface area contributed by atoms with Gasteiger partial charge in [0.25, 0.3) is 0 Å². The number of pyridine rings is 6. The van der Waals surface area contributed by atoms with Crippen molar-refractivity contribution in [3.63, 3.8) is 0 Å². The number of benzene rings is 9. The van der Waals surface area contributed by atoms with E-state index in [2.05, 4.69) is 310 Å². The number of nitrogens with one attached hydrogen (secondary N) is 2.